The van der Waals surface area contributed by atoms with Crippen molar-refractivity contribution in [3.63, 3.8) is 0 Å². The highest BCUT2D eigenvalue weighted by atomic mass is 16.5. The summed E-state index contributed by atoms with van der Waals surface area (Å²) in [6.07, 6.45) is 5.20. The predicted molar refractivity (Wildman–Crippen MR) is 73.7 cm³/mol. The number of carbonyl (C=O) groups excluding carboxylic acids is 1. The van der Waals surface area contributed by atoms with Gasteiger partial charge in [0.15, 0.2) is 0 Å². The Morgan fingerprint density at radius 1 is 1.11 bits per heavy atom. The molecular weight excluding hydrogens is 230 g/mol. The highest BCUT2D eigenvalue weighted by molar-refractivity contribution is 5.75. The molecule has 4 heteroatoms. The molecule has 0 radical (unpaired) electrons. The Hall–Kier alpha value is -0.610. The third-order valence-electron chi connectivity index (χ3n) is 2.65. The molecule has 0 bridgehead atoms. The monoisotopic (exact) mass is 259 g/mol. The smallest absolute Gasteiger partial charge is 0.323 e. The van der Waals surface area contributed by atoms with E-state index in [4.69, 9.17) is 9.47 Å². The van der Waals surface area contributed by atoms with Crippen molar-refractivity contribution in [2.45, 2.75) is 58.9 Å². The second-order valence-corrected chi connectivity index (χ2v) is 4.37. The van der Waals surface area contributed by atoms with Crippen LogP contribution in [0.2, 0.25) is 0 Å². The van der Waals surface area contributed by atoms with Gasteiger partial charge in [-0.25, -0.2) is 0 Å². The molecule has 1 unspecified atom stereocenters. The van der Waals surface area contributed by atoms with Crippen molar-refractivity contribution in [2.75, 3.05) is 26.4 Å². The van der Waals surface area contributed by atoms with Gasteiger partial charge in [0, 0.05) is 13.2 Å². The first kappa shape index (κ1) is 17.4. The molecule has 0 saturated carbocycles. The van der Waals surface area contributed by atoms with Crippen molar-refractivity contribution < 1.29 is 14.3 Å². The van der Waals surface area contributed by atoms with Gasteiger partial charge in [0.2, 0.25) is 0 Å². The molecule has 0 aliphatic heterocycles. The minimum absolute atomic E-state index is 0.164. The van der Waals surface area contributed by atoms with E-state index in [1.54, 1.807) is 0 Å². The largest absolute Gasteiger partial charge is 0.465 e. The molecule has 0 aromatic carbocycles. The zero-order valence-corrected chi connectivity index (χ0v) is 12.2. The van der Waals surface area contributed by atoms with Crippen LogP contribution in [0.15, 0.2) is 0 Å². The van der Waals surface area contributed by atoms with Crippen LogP contribution < -0.4 is 5.32 Å². The van der Waals surface area contributed by atoms with E-state index in [1.807, 2.05) is 6.92 Å². The molecule has 0 aromatic heterocycles. The molecule has 0 rings (SSSR count). The highest BCUT2D eigenvalue weighted by Crippen LogP contribution is 1.99. The molecule has 4 nitrogen and oxygen atoms in total. The molecule has 0 fully saturated rings. The lowest BCUT2D eigenvalue weighted by Crippen LogP contribution is -2.39. The number of hydrogen-bond donors (Lipinski definition) is 1. The Morgan fingerprint density at radius 2 is 1.89 bits per heavy atom. The quantitative estimate of drug-likeness (QED) is 0.432. The summed E-state index contributed by atoms with van der Waals surface area (Å²) < 4.78 is 10.6. The lowest BCUT2D eigenvalue weighted by Gasteiger charge is -2.16. The van der Waals surface area contributed by atoms with Gasteiger partial charge in [-0.1, -0.05) is 26.7 Å². The maximum atomic E-state index is 11.7. The summed E-state index contributed by atoms with van der Waals surface area (Å²) in [7, 11) is 0. The van der Waals surface area contributed by atoms with Gasteiger partial charge < -0.3 is 14.8 Å². The van der Waals surface area contributed by atoms with E-state index in [2.05, 4.69) is 19.2 Å². The Morgan fingerprint density at radius 3 is 2.50 bits per heavy atom. The molecule has 108 valence electrons. The van der Waals surface area contributed by atoms with E-state index in [0.717, 1.165) is 26.0 Å². The first-order chi connectivity index (χ1) is 8.76. The van der Waals surface area contributed by atoms with Crippen LogP contribution in [0, 0.1) is 0 Å². The third kappa shape index (κ3) is 9.42. The number of esters is 1. The summed E-state index contributed by atoms with van der Waals surface area (Å²) in [5.74, 6) is -0.164. The standard InChI is InChI=1S/C14H29NO3/c1-4-7-8-11-17-12-9-13(15-10-5-2)14(16)18-6-3/h13,15H,4-12H2,1-3H3. The van der Waals surface area contributed by atoms with Crippen molar-refractivity contribution in [3.8, 4) is 0 Å². The van der Waals surface area contributed by atoms with E-state index in [0.29, 0.717) is 19.6 Å². The molecule has 0 spiro atoms. The van der Waals surface area contributed by atoms with E-state index in [1.165, 1.54) is 12.8 Å². The van der Waals surface area contributed by atoms with Gasteiger partial charge in [0.25, 0.3) is 0 Å². The van der Waals surface area contributed by atoms with Gasteiger partial charge in [-0.2, -0.15) is 0 Å². The van der Waals surface area contributed by atoms with Crippen molar-refractivity contribution in [1.29, 1.82) is 0 Å². The molecule has 0 aliphatic carbocycles. The minimum atomic E-state index is -0.226. The van der Waals surface area contributed by atoms with Crippen LogP contribution in [0.5, 0.6) is 0 Å². The summed E-state index contributed by atoms with van der Waals surface area (Å²) >= 11 is 0. The molecule has 1 N–H and O–H groups in total. The summed E-state index contributed by atoms with van der Waals surface area (Å²) in [6.45, 7) is 8.75. The predicted octanol–water partition coefficient (Wildman–Crippen LogP) is 2.51. The van der Waals surface area contributed by atoms with E-state index in [9.17, 15) is 4.79 Å². The number of ether oxygens (including phenoxy) is 2. The van der Waals surface area contributed by atoms with Gasteiger partial charge in [0.05, 0.1) is 6.61 Å². The Labute approximate surface area is 111 Å². The van der Waals surface area contributed by atoms with Crippen LogP contribution in [0.3, 0.4) is 0 Å². The molecule has 0 aliphatic rings. The topological polar surface area (TPSA) is 47.6 Å². The number of rotatable bonds is 12. The SMILES string of the molecule is CCCCCOCCC(NCCC)C(=O)OCC. The molecule has 18 heavy (non-hydrogen) atoms. The van der Waals surface area contributed by atoms with Crippen molar-refractivity contribution in [1.82, 2.24) is 5.32 Å². The summed E-state index contributed by atoms with van der Waals surface area (Å²) in [4.78, 5) is 11.7. The Balaban J connectivity index is 3.75. The van der Waals surface area contributed by atoms with Crippen LogP contribution in [-0.4, -0.2) is 38.4 Å². The van der Waals surface area contributed by atoms with Crippen LogP contribution in [0.4, 0.5) is 0 Å². The molecule has 0 saturated heterocycles. The summed E-state index contributed by atoms with van der Waals surface area (Å²) in [6, 6.07) is -0.226. The van der Waals surface area contributed by atoms with Crippen LogP contribution in [0.25, 0.3) is 0 Å². The zero-order chi connectivity index (χ0) is 13.6. The fraction of sp³-hybridized carbons (Fsp3) is 0.929. The van der Waals surface area contributed by atoms with Crippen molar-refractivity contribution in [2.24, 2.45) is 0 Å². The van der Waals surface area contributed by atoms with Gasteiger partial charge >= 0.3 is 5.97 Å². The van der Waals surface area contributed by atoms with Gasteiger partial charge in [-0.05, 0) is 32.7 Å². The average Bonchev–Trinajstić information content (AvgIpc) is 2.37. The first-order valence-electron chi connectivity index (χ1n) is 7.23. The van der Waals surface area contributed by atoms with E-state index < -0.39 is 0 Å². The normalized spacial score (nSPS) is 12.4. The van der Waals surface area contributed by atoms with Gasteiger partial charge in [-0.15, -0.1) is 0 Å². The second kappa shape index (κ2) is 12.8. The van der Waals surface area contributed by atoms with Gasteiger partial charge in [-0.3, -0.25) is 4.79 Å². The molecule has 0 amide bonds. The first-order valence-corrected chi connectivity index (χ1v) is 7.23. The molecule has 0 aromatic rings. The lowest BCUT2D eigenvalue weighted by molar-refractivity contribution is -0.146. The fourth-order valence-corrected chi connectivity index (χ4v) is 1.62. The van der Waals surface area contributed by atoms with Crippen molar-refractivity contribution >= 4 is 5.97 Å². The maximum absolute atomic E-state index is 11.7. The fourth-order valence-electron chi connectivity index (χ4n) is 1.62. The zero-order valence-electron chi connectivity index (χ0n) is 12.2. The average molecular weight is 259 g/mol. The van der Waals surface area contributed by atoms with Crippen LogP contribution >= 0.6 is 0 Å². The highest BCUT2D eigenvalue weighted by Gasteiger charge is 2.18. The molecule has 0 heterocycles. The molecule has 1 atom stereocenters. The second-order valence-electron chi connectivity index (χ2n) is 4.37. The number of unbranched alkanes of at least 4 members (excludes halogenated alkanes) is 2. The summed E-state index contributed by atoms with van der Waals surface area (Å²) in [5, 5.41) is 3.20. The van der Waals surface area contributed by atoms with Crippen molar-refractivity contribution in [3.05, 3.63) is 0 Å². The van der Waals surface area contributed by atoms with Crippen LogP contribution in [0.1, 0.15) is 52.9 Å². The van der Waals surface area contributed by atoms with Crippen LogP contribution in [-0.2, 0) is 14.3 Å². The third-order valence-corrected chi connectivity index (χ3v) is 2.65. The minimum Gasteiger partial charge on any atom is -0.465 e. The Bertz CT molecular complexity index is 197. The van der Waals surface area contributed by atoms with Gasteiger partial charge in [0.1, 0.15) is 6.04 Å². The number of hydrogen-bond acceptors (Lipinski definition) is 4. The Kier molecular flexibility index (Phi) is 12.4. The number of carbonyl (C=O) groups is 1. The summed E-state index contributed by atoms with van der Waals surface area (Å²) in [5.41, 5.74) is 0. The van der Waals surface area contributed by atoms with E-state index >= 15 is 0 Å². The molecular formula is C14H29NO3. The maximum Gasteiger partial charge on any atom is 0.323 e. The number of nitrogens with one attached hydrogen (secondary N) is 1. The lowest BCUT2D eigenvalue weighted by atomic mass is 10.2. The van der Waals surface area contributed by atoms with E-state index in [-0.39, 0.29) is 12.0 Å².